The summed E-state index contributed by atoms with van der Waals surface area (Å²) < 4.78 is 60.6. The summed E-state index contributed by atoms with van der Waals surface area (Å²) in [6.07, 6.45) is 10.2. The van der Waals surface area contributed by atoms with Crippen LogP contribution in [-0.4, -0.2) is 76.2 Å². The molecule has 0 radical (unpaired) electrons. The molecule has 2 saturated heterocycles. The van der Waals surface area contributed by atoms with E-state index in [2.05, 4.69) is 20.6 Å². The number of halogens is 4. The van der Waals surface area contributed by atoms with Crippen LogP contribution in [0.25, 0.3) is 12.2 Å². The van der Waals surface area contributed by atoms with Crippen LogP contribution in [0.4, 0.5) is 27.8 Å². The second-order valence-electron chi connectivity index (χ2n) is 17.5. The van der Waals surface area contributed by atoms with Crippen molar-refractivity contribution in [1.82, 2.24) is 28.9 Å². The fraction of sp³-hybridized carbons (Fsp3) is 0.320. The van der Waals surface area contributed by atoms with E-state index >= 15 is 0 Å². The SMILES string of the molecule is C/C=C/c1ccc2n(c1=O)C[C@@H]1[C@@H](CO)[C@H](C(=O)Nc3nccs3)N(Cc3cc(F)ccc3F)[C@H]21.C/C=C\c1ccc2n(c1=O)C[C@@H]1[C@@H](CO)[C@H](C(=O)Nc3nccs3)N(Cc3cc(F)ccc3F)[C@H]21. The number of fused-ring (bicyclic) bond motifs is 6. The normalized spacial score (nSPS) is 23.5. The lowest BCUT2D eigenvalue weighted by molar-refractivity contribution is -0.123. The lowest BCUT2D eigenvalue weighted by atomic mass is 9.88. The van der Waals surface area contributed by atoms with E-state index < -0.39 is 59.3 Å². The first kappa shape index (κ1) is 48.6. The number of benzene rings is 2. The zero-order valence-corrected chi connectivity index (χ0v) is 39.4. The van der Waals surface area contributed by atoms with Crippen LogP contribution in [0.3, 0.4) is 0 Å². The maximum atomic E-state index is 14.7. The first-order chi connectivity index (χ1) is 33.8. The molecule has 8 heterocycles. The minimum atomic E-state index is -0.833. The molecule has 4 aliphatic rings. The minimum Gasteiger partial charge on any atom is -0.396 e. The second kappa shape index (κ2) is 20.5. The standard InChI is InChI=1S/2C25H24F2N4O3S/c2*1-2-3-14-4-7-20-21-17(12-30(20)24(14)34)18(13-32)22(23(33)29-25-28-8-9-35-25)31(21)11-15-10-16(26)5-6-19(15)27/h2*2-10,17-18,21-22,32H,11-13H2,1H3,(H,28,29,33)/b3-2+;3-2-/t2*17-,18-,21+,22-/m11/s1. The van der Waals surface area contributed by atoms with E-state index in [1.54, 1.807) is 78.5 Å². The number of aliphatic hydroxyl groups excluding tert-OH is 2. The number of hydrogen-bond acceptors (Lipinski definition) is 12. The number of nitrogens with zero attached hydrogens (tertiary/aromatic N) is 6. The second-order valence-corrected chi connectivity index (χ2v) is 19.3. The predicted octanol–water partition coefficient (Wildman–Crippen LogP) is 6.84. The van der Waals surface area contributed by atoms with Gasteiger partial charge in [0.15, 0.2) is 10.3 Å². The third-order valence-electron chi connectivity index (χ3n) is 13.7. The predicted molar refractivity (Wildman–Crippen MR) is 257 cm³/mol. The van der Waals surface area contributed by atoms with Gasteiger partial charge in [0.05, 0.1) is 24.2 Å². The van der Waals surface area contributed by atoms with Gasteiger partial charge in [-0.3, -0.25) is 29.0 Å². The summed E-state index contributed by atoms with van der Waals surface area (Å²) >= 11 is 2.52. The summed E-state index contributed by atoms with van der Waals surface area (Å²) in [7, 11) is 0. The zero-order valence-electron chi connectivity index (χ0n) is 37.8. The molecule has 8 atom stereocenters. The molecule has 0 saturated carbocycles. The Morgan fingerprint density at radius 2 is 1.07 bits per heavy atom. The van der Waals surface area contributed by atoms with Gasteiger partial charge in [0.2, 0.25) is 11.8 Å². The van der Waals surface area contributed by atoms with Crippen LogP contribution >= 0.6 is 22.7 Å². The number of likely N-dealkylation sites (tertiary alicyclic amines) is 2. The van der Waals surface area contributed by atoms with Gasteiger partial charge < -0.3 is 30.0 Å². The van der Waals surface area contributed by atoms with Crippen molar-refractivity contribution < 1.29 is 37.4 Å². The number of amides is 2. The Morgan fingerprint density at radius 3 is 1.43 bits per heavy atom. The van der Waals surface area contributed by atoms with Crippen LogP contribution in [0, 0.1) is 46.9 Å². The molecule has 0 spiro atoms. The quantitative estimate of drug-likeness (QED) is 0.0952. The van der Waals surface area contributed by atoms with Crippen molar-refractivity contribution >= 4 is 56.9 Å². The van der Waals surface area contributed by atoms with Crippen molar-refractivity contribution in [3.05, 3.63) is 174 Å². The molecule has 364 valence electrons. The highest BCUT2D eigenvalue weighted by atomic mass is 32.1. The Balaban J connectivity index is 0.000000174. The molecule has 2 amide bonds. The average molecular weight is 997 g/mol. The van der Waals surface area contributed by atoms with Crippen molar-refractivity contribution in [2.45, 2.75) is 64.2 Å². The van der Waals surface area contributed by atoms with E-state index in [9.17, 15) is 47.0 Å². The number of carbonyl (C=O) groups excluding carboxylic acids is 2. The number of pyridine rings is 2. The Labute approximate surface area is 406 Å². The van der Waals surface area contributed by atoms with Crippen LogP contribution < -0.4 is 21.8 Å². The molecular formula is C50H48F4N8O6S2. The molecule has 70 heavy (non-hydrogen) atoms. The summed E-state index contributed by atoms with van der Waals surface area (Å²) in [5, 5.41) is 30.6. The van der Waals surface area contributed by atoms with Gasteiger partial charge in [0.25, 0.3) is 11.1 Å². The van der Waals surface area contributed by atoms with Gasteiger partial charge in [-0.25, -0.2) is 27.5 Å². The van der Waals surface area contributed by atoms with E-state index in [1.807, 2.05) is 26.0 Å². The smallest absolute Gasteiger partial charge is 0.258 e. The van der Waals surface area contributed by atoms with Gasteiger partial charge in [-0.05, 0) is 74.5 Å². The zero-order chi connectivity index (χ0) is 49.4. The number of hydrogen-bond donors (Lipinski definition) is 4. The highest BCUT2D eigenvalue weighted by Gasteiger charge is 2.57. The van der Waals surface area contributed by atoms with Gasteiger partial charge in [-0.1, -0.05) is 24.3 Å². The average Bonchev–Trinajstić information content (AvgIpc) is 4.21. The molecule has 4 aliphatic heterocycles. The Bertz CT molecular complexity index is 2890. The van der Waals surface area contributed by atoms with E-state index in [0.29, 0.717) is 45.9 Å². The van der Waals surface area contributed by atoms with Crippen LogP contribution in [-0.2, 0) is 35.8 Å². The molecule has 4 aromatic heterocycles. The number of rotatable bonds is 12. The number of carbonyl (C=O) groups is 2. The molecule has 20 heteroatoms. The van der Waals surface area contributed by atoms with Gasteiger partial charge in [0, 0.05) is 120 Å². The van der Waals surface area contributed by atoms with Crippen LogP contribution in [0.15, 0.2) is 106 Å². The molecule has 14 nitrogen and oxygen atoms in total. The van der Waals surface area contributed by atoms with E-state index in [0.717, 1.165) is 36.4 Å². The first-order valence-corrected chi connectivity index (χ1v) is 24.4. The highest BCUT2D eigenvalue weighted by molar-refractivity contribution is 7.14. The maximum absolute atomic E-state index is 14.7. The van der Waals surface area contributed by atoms with Crippen molar-refractivity contribution in [3.8, 4) is 0 Å². The fourth-order valence-electron chi connectivity index (χ4n) is 10.9. The number of aliphatic hydroxyl groups is 2. The third-order valence-corrected chi connectivity index (χ3v) is 15.1. The molecule has 4 N–H and O–H groups in total. The van der Waals surface area contributed by atoms with Crippen molar-refractivity contribution in [1.29, 1.82) is 0 Å². The number of nitrogens with one attached hydrogen (secondary N) is 2. The van der Waals surface area contributed by atoms with Gasteiger partial charge in [0.1, 0.15) is 23.3 Å². The summed E-state index contributed by atoms with van der Waals surface area (Å²) in [4.78, 5) is 64.9. The topological polar surface area (TPSA) is 175 Å². The Hall–Kier alpha value is -6.42. The Kier molecular flexibility index (Phi) is 14.2. The highest BCUT2D eigenvalue weighted by Crippen LogP contribution is 2.51. The van der Waals surface area contributed by atoms with Crippen molar-refractivity contribution in [3.63, 3.8) is 0 Å². The molecule has 2 aromatic carbocycles. The molecule has 0 bridgehead atoms. The lowest BCUT2D eigenvalue weighted by Crippen LogP contribution is -2.45. The molecule has 0 aliphatic carbocycles. The molecular weight excluding hydrogens is 949 g/mol. The van der Waals surface area contributed by atoms with Gasteiger partial charge in [-0.2, -0.15) is 0 Å². The number of thiazole rings is 2. The summed E-state index contributed by atoms with van der Waals surface area (Å²) in [6.45, 7) is 3.55. The number of anilines is 2. The lowest BCUT2D eigenvalue weighted by Gasteiger charge is -2.30. The van der Waals surface area contributed by atoms with E-state index in [4.69, 9.17) is 0 Å². The molecule has 6 aromatic rings. The van der Waals surface area contributed by atoms with Crippen LogP contribution in [0.5, 0.6) is 0 Å². The van der Waals surface area contributed by atoms with Crippen LogP contribution in [0.1, 0.15) is 59.6 Å². The Morgan fingerprint density at radius 1 is 0.657 bits per heavy atom. The molecule has 2 fully saturated rings. The first-order valence-electron chi connectivity index (χ1n) is 22.6. The fourth-order valence-corrected chi connectivity index (χ4v) is 11.9. The van der Waals surface area contributed by atoms with E-state index in [1.165, 1.54) is 22.7 Å². The van der Waals surface area contributed by atoms with Crippen LogP contribution in [0.2, 0.25) is 0 Å². The van der Waals surface area contributed by atoms with Crippen molar-refractivity contribution in [2.75, 3.05) is 23.8 Å². The number of allylic oxidation sites excluding steroid dienone is 2. The number of aromatic nitrogens is 4. The molecule has 0 unspecified atom stereocenters. The van der Waals surface area contributed by atoms with E-state index in [-0.39, 0.29) is 72.2 Å². The largest absolute Gasteiger partial charge is 0.396 e. The molecule has 10 rings (SSSR count). The summed E-state index contributed by atoms with van der Waals surface area (Å²) in [5.41, 5.74) is 2.33. The summed E-state index contributed by atoms with van der Waals surface area (Å²) in [5.74, 6) is -4.70. The third kappa shape index (κ3) is 9.10. The monoisotopic (exact) mass is 996 g/mol. The maximum Gasteiger partial charge on any atom is 0.258 e. The van der Waals surface area contributed by atoms with Gasteiger partial charge >= 0.3 is 0 Å². The summed E-state index contributed by atoms with van der Waals surface area (Å²) in [6, 6.07) is 11.0. The van der Waals surface area contributed by atoms with Crippen molar-refractivity contribution in [2.24, 2.45) is 23.7 Å². The van der Waals surface area contributed by atoms with Gasteiger partial charge in [-0.15, -0.1) is 22.7 Å². The minimum absolute atomic E-state index is 0.0674.